The van der Waals surface area contributed by atoms with E-state index in [-0.39, 0.29) is 18.7 Å². The molecule has 1 amide bonds. The van der Waals surface area contributed by atoms with E-state index in [2.05, 4.69) is 4.98 Å². The summed E-state index contributed by atoms with van der Waals surface area (Å²) in [4.78, 5) is 32.4. The number of alkyl halides is 3. The van der Waals surface area contributed by atoms with Gasteiger partial charge in [0, 0.05) is 24.6 Å². The Balaban J connectivity index is 1.39. The van der Waals surface area contributed by atoms with E-state index in [4.69, 9.17) is 9.84 Å². The highest BCUT2D eigenvalue weighted by Crippen LogP contribution is 2.34. The van der Waals surface area contributed by atoms with Crippen molar-refractivity contribution in [2.24, 2.45) is 5.92 Å². The maximum Gasteiger partial charge on any atom is 0.417 e. The third kappa shape index (κ3) is 4.40. The second-order valence-electron chi connectivity index (χ2n) is 7.84. The minimum absolute atomic E-state index is 0.239. The zero-order chi connectivity index (χ0) is 22.9. The van der Waals surface area contributed by atoms with Gasteiger partial charge in [0.15, 0.2) is 5.78 Å². The number of rotatable bonds is 5. The molecule has 0 spiro atoms. The number of hydrogen-bond donors (Lipinski definition) is 1. The van der Waals surface area contributed by atoms with Crippen molar-refractivity contribution in [3.63, 3.8) is 0 Å². The monoisotopic (exact) mass is 449 g/mol. The summed E-state index contributed by atoms with van der Waals surface area (Å²) in [7, 11) is 0. The van der Waals surface area contributed by atoms with Crippen LogP contribution in [0.15, 0.2) is 42.6 Å². The first-order valence-electron chi connectivity index (χ1n) is 10.3. The summed E-state index contributed by atoms with van der Waals surface area (Å²) in [5.41, 5.74) is -0.628. The van der Waals surface area contributed by atoms with Gasteiger partial charge in [0.25, 0.3) is 0 Å². The van der Waals surface area contributed by atoms with Gasteiger partial charge in [-0.1, -0.05) is 18.2 Å². The van der Waals surface area contributed by atoms with Gasteiger partial charge >= 0.3 is 12.3 Å². The minimum Gasteiger partial charge on any atom is -0.441 e. The molecule has 2 fully saturated rings. The van der Waals surface area contributed by atoms with Crippen LogP contribution in [0.25, 0.3) is 0 Å². The van der Waals surface area contributed by atoms with Crippen molar-refractivity contribution in [2.75, 3.05) is 36.0 Å². The summed E-state index contributed by atoms with van der Waals surface area (Å²) >= 11 is 0. The quantitative estimate of drug-likeness (QED) is 0.704. The van der Waals surface area contributed by atoms with Crippen LogP contribution in [0.2, 0.25) is 0 Å². The molecule has 1 unspecified atom stereocenters. The standard InChI is InChI=1S/C22H22F3N3O4/c23-22(24,25)18-4-2-1-3-17(18)20(30)14-7-9-27(10-8-14)19-6-5-15(11-26-19)28-12-16(13-29)32-21(28)31/h1-6,11,14,16,29H,7-10,12-13H2. The zero-order valence-corrected chi connectivity index (χ0v) is 17.1. The number of aliphatic hydroxyl groups is 1. The number of ether oxygens (including phenoxy) is 1. The van der Waals surface area contributed by atoms with Gasteiger partial charge in [-0.3, -0.25) is 9.69 Å². The maximum atomic E-state index is 13.3. The number of aliphatic hydroxyl groups excluding tert-OH is 1. The average Bonchev–Trinajstić information content (AvgIpc) is 3.19. The lowest BCUT2D eigenvalue weighted by atomic mass is 9.87. The van der Waals surface area contributed by atoms with E-state index in [0.29, 0.717) is 37.4 Å². The molecule has 0 aliphatic carbocycles. The summed E-state index contributed by atoms with van der Waals surface area (Å²) in [5.74, 6) is -0.308. The number of hydrogen-bond acceptors (Lipinski definition) is 6. The maximum absolute atomic E-state index is 13.3. The summed E-state index contributed by atoms with van der Waals surface area (Å²) in [5, 5.41) is 9.14. The number of pyridine rings is 1. The van der Waals surface area contributed by atoms with E-state index in [1.165, 1.54) is 29.3 Å². The Morgan fingerprint density at radius 1 is 1.16 bits per heavy atom. The highest BCUT2D eigenvalue weighted by atomic mass is 19.4. The van der Waals surface area contributed by atoms with Gasteiger partial charge < -0.3 is 14.7 Å². The fraction of sp³-hybridized carbons (Fsp3) is 0.409. The van der Waals surface area contributed by atoms with Crippen molar-refractivity contribution in [3.8, 4) is 0 Å². The second kappa shape index (κ2) is 8.78. The van der Waals surface area contributed by atoms with E-state index >= 15 is 0 Å². The molecule has 1 N–H and O–H groups in total. The molecule has 2 saturated heterocycles. The predicted molar refractivity (Wildman–Crippen MR) is 110 cm³/mol. The van der Waals surface area contributed by atoms with Crippen molar-refractivity contribution >= 4 is 23.4 Å². The van der Waals surface area contributed by atoms with E-state index < -0.39 is 35.6 Å². The normalized spacial score (nSPS) is 19.9. The van der Waals surface area contributed by atoms with Crippen molar-refractivity contribution in [2.45, 2.75) is 25.1 Å². The van der Waals surface area contributed by atoms with Crippen LogP contribution >= 0.6 is 0 Å². The first kappa shape index (κ1) is 22.1. The largest absolute Gasteiger partial charge is 0.441 e. The fourth-order valence-electron chi connectivity index (χ4n) is 4.09. The third-order valence-corrected chi connectivity index (χ3v) is 5.81. The van der Waals surface area contributed by atoms with Crippen molar-refractivity contribution < 1.29 is 32.6 Å². The van der Waals surface area contributed by atoms with Gasteiger partial charge in [0.2, 0.25) is 0 Å². The van der Waals surface area contributed by atoms with Crippen LogP contribution in [0.1, 0.15) is 28.8 Å². The van der Waals surface area contributed by atoms with Crippen molar-refractivity contribution in [1.29, 1.82) is 0 Å². The van der Waals surface area contributed by atoms with E-state index in [9.17, 15) is 22.8 Å². The Hall–Kier alpha value is -3.14. The molecule has 2 aromatic rings. The summed E-state index contributed by atoms with van der Waals surface area (Å²) in [6.45, 7) is 0.947. The molecule has 170 valence electrons. The third-order valence-electron chi connectivity index (χ3n) is 5.81. The number of benzene rings is 1. The molecular formula is C22H22F3N3O4. The number of nitrogens with zero attached hydrogens (tertiary/aromatic N) is 3. The molecule has 32 heavy (non-hydrogen) atoms. The highest BCUT2D eigenvalue weighted by Gasteiger charge is 2.37. The molecular weight excluding hydrogens is 427 g/mol. The molecule has 0 saturated carbocycles. The Bertz CT molecular complexity index is 989. The van der Waals surface area contributed by atoms with E-state index in [1.807, 2.05) is 4.90 Å². The Labute approximate surface area is 182 Å². The average molecular weight is 449 g/mol. The van der Waals surface area contributed by atoms with Gasteiger partial charge in [-0.25, -0.2) is 9.78 Å². The molecule has 0 radical (unpaired) electrons. The Morgan fingerprint density at radius 3 is 2.47 bits per heavy atom. The number of cyclic esters (lactones) is 1. The predicted octanol–water partition coefficient (Wildman–Crippen LogP) is 3.52. The van der Waals surface area contributed by atoms with Crippen molar-refractivity contribution in [1.82, 2.24) is 4.98 Å². The van der Waals surface area contributed by atoms with Crippen LogP contribution < -0.4 is 9.80 Å². The van der Waals surface area contributed by atoms with Crippen LogP contribution in [-0.2, 0) is 10.9 Å². The van der Waals surface area contributed by atoms with E-state index in [1.54, 1.807) is 12.1 Å². The molecule has 4 rings (SSSR count). The number of halogens is 3. The van der Waals surface area contributed by atoms with Crippen LogP contribution in [0.5, 0.6) is 0 Å². The number of anilines is 2. The lowest BCUT2D eigenvalue weighted by Crippen LogP contribution is -2.37. The van der Waals surface area contributed by atoms with Crippen LogP contribution in [-0.4, -0.2) is 54.3 Å². The Morgan fingerprint density at radius 2 is 1.88 bits per heavy atom. The van der Waals surface area contributed by atoms with E-state index in [0.717, 1.165) is 6.07 Å². The SMILES string of the molecule is O=C(c1ccccc1C(F)(F)F)C1CCN(c2ccc(N3CC(CO)OC3=O)cn2)CC1. The number of amides is 1. The molecule has 3 heterocycles. The topological polar surface area (TPSA) is 83.0 Å². The van der Waals surface area contributed by atoms with Crippen LogP contribution in [0.4, 0.5) is 29.5 Å². The molecule has 2 aliphatic heterocycles. The van der Waals surface area contributed by atoms with Gasteiger partial charge in [-0.15, -0.1) is 0 Å². The molecule has 7 nitrogen and oxygen atoms in total. The first-order chi connectivity index (χ1) is 15.3. The number of ketones is 1. The molecule has 10 heteroatoms. The number of carbonyl (C=O) groups is 2. The number of piperidine rings is 1. The van der Waals surface area contributed by atoms with Crippen LogP contribution in [0.3, 0.4) is 0 Å². The summed E-state index contributed by atoms with van der Waals surface area (Å²) in [6, 6.07) is 8.37. The lowest BCUT2D eigenvalue weighted by molar-refractivity contribution is -0.137. The van der Waals surface area contributed by atoms with Gasteiger partial charge in [0.1, 0.15) is 11.9 Å². The van der Waals surface area contributed by atoms with Crippen LogP contribution in [0, 0.1) is 5.92 Å². The minimum atomic E-state index is -4.57. The molecule has 1 aromatic heterocycles. The first-order valence-corrected chi connectivity index (χ1v) is 10.3. The number of Topliss-reactive ketones (excluding diaryl/α,β-unsaturated/α-hetero) is 1. The summed E-state index contributed by atoms with van der Waals surface area (Å²) < 4.78 is 44.8. The molecule has 1 aromatic carbocycles. The fourth-order valence-corrected chi connectivity index (χ4v) is 4.09. The van der Waals surface area contributed by atoms with Gasteiger partial charge in [-0.05, 0) is 31.0 Å². The smallest absolute Gasteiger partial charge is 0.417 e. The number of carbonyl (C=O) groups excluding carboxylic acids is 2. The van der Waals surface area contributed by atoms with Gasteiger partial charge in [-0.2, -0.15) is 13.2 Å². The molecule has 1 atom stereocenters. The molecule has 2 aliphatic rings. The lowest BCUT2D eigenvalue weighted by Gasteiger charge is -2.32. The second-order valence-corrected chi connectivity index (χ2v) is 7.84. The summed E-state index contributed by atoms with van der Waals surface area (Å²) in [6.07, 6.45) is -3.31. The van der Waals surface area contributed by atoms with Crippen molar-refractivity contribution in [3.05, 3.63) is 53.7 Å². The highest BCUT2D eigenvalue weighted by molar-refractivity contribution is 5.99. The van der Waals surface area contributed by atoms with Gasteiger partial charge in [0.05, 0.1) is 30.6 Å². The Kier molecular flexibility index (Phi) is 6.05. The number of aromatic nitrogens is 1. The zero-order valence-electron chi connectivity index (χ0n) is 17.1. The molecule has 0 bridgehead atoms.